The Morgan fingerprint density at radius 1 is 1.08 bits per heavy atom. The lowest BCUT2D eigenvalue weighted by Gasteiger charge is -2.19. The van der Waals surface area contributed by atoms with Crippen molar-refractivity contribution in [2.45, 2.75) is 74.0 Å². The Balaban J connectivity index is 0.00000254. The van der Waals surface area contributed by atoms with Crippen molar-refractivity contribution < 1.29 is 14.3 Å². The molecule has 0 saturated carbocycles. The number of pyridine rings is 1. The van der Waals surface area contributed by atoms with E-state index in [1.807, 2.05) is 55.4 Å². The van der Waals surface area contributed by atoms with Crippen molar-refractivity contribution in [2.24, 2.45) is 5.41 Å². The molecule has 0 aliphatic heterocycles. The van der Waals surface area contributed by atoms with Crippen LogP contribution in [0, 0.1) is 5.41 Å². The highest BCUT2D eigenvalue weighted by Gasteiger charge is 2.18. The minimum absolute atomic E-state index is 0.0270. The molecule has 5 heteroatoms. The second kappa shape index (κ2) is 9.40. The van der Waals surface area contributed by atoms with Gasteiger partial charge in [-0.25, -0.2) is 4.79 Å². The molecule has 0 saturated heterocycles. The number of Topliss-reactive ketones (excluding diaryl/α,β-unsaturated/α-hetero) is 1. The van der Waals surface area contributed by atoms with Gasteiger partial charge in [-0.3, -0.25) is 9.78 Å². The fourth-order valence-corrected chi connectivity index (χ4v) is 1.75. The molecule has 0 atom stereocenters. The second-order valence-electron chi connectivity index (χ2n) is 7.57. The van der Waals surface area contributed by atoms with E-state index in [0.29, 0.717) is 18.7 Å². The van der Waals surface area contributed by atoms with E-state index in [0.717, 1.165) is 5.56 Å². The highest BCUT2D eigenvalue weighted by Crippen LogP contribution is 2.20. The number of alkyl carbamates (subject to hydrolysis) is 1. The van der Waals surface area contributed by atoms with E-state index in [9.17, 15) is 9.59 Å². The second-order valence-corrected chi connectivity index (χ2v) is 7.57. The number of carbonyl (C=O) groups is 2. The number of rotatable bonds is 4. The first-order valence-corrected chi connectivity index (χ1v) is 8.41. The molecule has 0 fully saturated rings. The lowest BCUT2D eigenvalue weighted by molar-refractivity contribution is 0.0523. The third-order valence-electron chi connectivity index (χ3n) is 2.64. The van der Waals surface area contributed by atoms with Crippen molar-refractivity contribution in [2.75, 3.05) is 0 Å². The predicted molar refractivity (Wildman–Crippen MR) is 97.1 cm³/mol. The Kier molecular flexibility index (Phi) is 8.65. The summed E-state index contributed by atoms with van der Waals surface area (Å²) in [6.07, 6.45) is 1.59. The van der Waals surface area contributed by atoms with Crippen molar-refractivity contribution in [3.05, 3.63) is 29.6 Å². The van der Waals surface area contributed by atoms with Crippen molar-refractivity contribution >= 4 is 11.9 Å². The maximum absolute atomic E-state index is 12.0. The molecule has 0 radical (unpaired) electrons. The van der Waals surface area contributed by atoms with Gasteiger partial charge in [0.15, 0.2) is 5.78 Å². The fraction of sp³-hybridized carbons (Fsp3) is 0.632. The van der Waals surface area contributed by atoms with Gasteiger partial charge in [-0.1, -0.05) is 40.7 Å². The molecule has 0 unspecified atom stereocenters. The topological polar surface area (TPSA) is 68.3 Å². The van der Waals surface area contributed by atoms with Crippen LogP contribution in [-0.4, -0.2) is 22.5 Å². The van der Waals surface area contributed by atoms with Gasteiger partial charge in [0.05, 0.1) is 0 Å². The van der Waals surface area contributed by atoms with Crippen LogP contribution in [0.2, 0.25) is 0 Å². The highest BCUT2D eigenvalue weighted by molar-refractivity contribution is 5.94. The molecule has 0 bridgehead atoms. The molecule has 0 aliphatic rings. The van der Waals surface area contributed by atoms with E-state index in [4.69, 9.17) is 4.74 Å². The highest BCUT2D eigenvalue weighted by atomic mass is 16.6. The first-order chi connectivity index (χ1) is 11.0. The lowest BCUT2D eigenvalue weighted by Crippen LogP contribution is -2.32. The van der Waals surface area contributed by atoms with Crippen molar-refractivity contribution in [1.82, 2.24) is 10.3 Å². The molecule has 1 N–H and O–H groups in total. The normalized spacial score (nSPS) is 11.2. The average molecular weight is 336 g/mol. The lowest BCUT2D eigenvalue weighted by atomic mass is 9.89. The standard InChI is InChI=1S/C17H26N2O3.C2H6/c1-16(2,3)9-14(20)13-8-7-12(10-18-13)11-19-15(21)22-17(4,5)6;1-2/h7-8,10H,9,11H2,1-6H3,(H,19,21);1-2H3. The molecule has 1 aromatic heterocycles. The number of carbonyl (C=O) groups excluding carboxylic acids is 2. The summed E-state index contributed by atoms with van der Waals surface area (Å²) in [5, 5.41) is 2.66. The zero-order chi connectivity index (χ0) is 19.0. The average Bonchev–Trinajstić information content (AvgIpc) is 2.44. The number of nitrogens with one attached hydrogen (secondary N) is 1. The van der Waals surface area contributed by atoms with Gasteiger partial charge in [0.2, 0.25) is 0 Å². The minimum Gasteiger partial charge on any atom is -0.444 e. The van der Waals surface area contributed by atoms with Crippen molar-refractivity contribution in [3.8, 4) is 0 Å². The van der Waals surface area contributed by atoms with Gasteiger partial charge in [0.1, 0.15) is 11.3 Å². The Labute approximate surface area is 146 Å². The molecule has 0 aliphatic carbocycles. The number of amides is 1. The number of nitrogens with zero attached hydrogens (tertiary/aromatic N) is 1. The van der Waals surface area contributed by atoms with Crippen LogP contribution >= 0.6 is 0 Å². The van der Waals surface area contributed by atoms with E-state index < -0.39 is 11.7 Å². The summed E-state index contributed by atoms with van der Waals surface area (Å²) in [4.78, 5) is 27.8. The van der Waals surface area contributed by atoms with Gasteiger partial charge in [0, 0.05) is 19.2 Å². The summed E-state index contributed by atoms with van der Waals surface area (Å²) in [7, 11) is 0. The van der Waals surface area contributed by atoms with Crippen LogP contribution in [0.4, 0.5) is 4.79 Å². The summed E-state index contributed by atoms with van der Waals surface area (Å²) in [6, 6.07) is 3.49. The van der Waals surface area contributed by atoms with E-state index >= 15 is 0 Å². The van der Waals surface area contributed by atoms with E-state index in [1.165, 1.54) is 0 Å². The van der Waals surface area contributed by atoms with Crippen LogP contribution in [0.5, 0.6) is 0 Å². The third kappa shape index (κ3) is 9.98. The minimum atomic E-state index is -0.522. The summed E-state index contributed by atoms with van der Waals surface area (Å²) in [5.74, 6) is 0.0270. The smallest absolute Gasteiger partial charge is 0.407 e. The van der Waals surface area contributed by atoms with Crippen molar-refractivity contribution in [3.63, 3.8) is 0 Å². The largest absolute Gasteiger partial charge is 0.444 e. The predicted octanol–water partition coefficient (Wildman–Crippen LogP) is 4.75. The monoisotopic (exact) mass is 336 g/mol. The quantitative estimate of drug-likeness (QED) is 0.806. The van der Waals surface area contributed by atoms with Gasteiger partial charge in [-0.15, -0.1) is 0 Å². The van der Waals surface area contributed by atoms with Gasteiger partial charge < -0.3 is 10.1 Å². The molecule has 1 aromatic rings. The Hall–Kier alpha value is -1.91. The molecule has 136 valence electrons. The maximum Gasteiger partial charge on any atom is 0.407 e. The van der Waals surface area contributed by atoms with Gasteiger partial charge >= 0.3 is 6.09 Å². The molecular formula is C19H32N2O3. The van der Waals surface area contributed by atoms with Crippen LogP contribution < -0.4 is 5.32 Å². The summed E-state index contributed by atoms with van der Waals surface area (Å²) < 4.78 is 5.15. The van der Waals surface area contributed by atoms with E-state index in [1.54, 1.807) is 18.3 Å². The summed E-state index contributed by atoms with van der Waals surface area (Å²) in [5.41, 5.74) is 0.690. The van der Waals surface area contributed by atoms with Crippen LogP contribution in [-0.2, 0) is 11.3 Å². The van der Waals surface area contributed by atoms with Gasteiger partial charge in [-0.2, -0.15) is 0 Å². The number of ether oxygens (including phenoxy) is 1. The number of hydrogen-bond donors (Lipinski definition) is 1. The fourth-order valence-electron chi connectivity index (χ4n) is 1.75. The molecule has 5 nitrogen and oxygen atoms in total. The molecule has 1 rings (SSSR count). The van der Waals surface area contributed by atoms with Gasteiger partial charge in [0.25, 0.3) is 0 Å². The molecule has 1 amide bonds. The molecule has 0 aromatic carbocycles. The molecular weight excluding hydrogens is 304 g/mol. The van der Waals surface area contributed by atoms with Crippen LogP contribution in [0.25, 0.3) is 0 Å². The number of aromatic nitrogens is 1. The van der Waals surface area contributed by atoms with E-state index in [2.05, 4.69) is 10.3 Å². The van der Waals surface area contributed by atoms with Crippen molar-refractivity contribution in [1.29, 1.82) is 0 Å². The SMILES string of the molecule is CC.CC(C)(C)CC(=O)c1ccc(CNC(=O)OC(C)(C)C)cn1. The van der Waals surface area contributed by atoms with E-state index in [-0.39, 0.29) is 11.2 Å². The Morgan fingerprint density at radius 3 is 2.08 bits per heavy atom. The first kappa shape index (κ1) is 22.1. The molecule has 0 spiro atoms. The van der Waals surface area contributed by atoms with Crippen LogP contribution in [0.1, 0.15) is 77.9 Å². The zero-order valence-corrected chi connectivity index (χ0v) is 16.3. The summed E-state index contributed by atoms with van der Waals surface area (Å²) >= 11 is 0. The Bertz CT molecular complexity index is 523. The Morgan fingerprint density at radius 2 is 1.67 bits per heavy atom. The molecule has 24 heavy (non-hydrogen) atoms. The molecule has 1 heterocycles. The number of ketones is 1. The van der Waals surface area contributed by atoms with Crippen LogP contribution in [0.15, 0.2) is 18.3 Å². The number of hydrogen-bond acceptors (Lipinski definition) is 4. The maximum atomic E-state index is 12.0. The first-order valence-electron chi connectivity index (χ1n) is 8.41. The zero-order valence-electron chi connectivity index (χ0n) is 16.3. The van der Waals surface area contributed by atoms with Gasteiger partial charge in [-0.05, 0) is 37.8 Å². The van der Waals surface area contributed by atoms with Crippen LogP contribution in [0.3, 0.4) is 0 Å². The third-order valence-corrected chi connectivity index (χ3v) is 2.64. The summed E-state index contributed by atoms with van der Waals surface area (Å²) in [6.45, 7) is 15.8.